The van der Waals surface area contributed by atoms with Gasteiger partial charge in [-0.1, -0.05) is 18.2 Å². The van der Waals surface area contributed by atoms with E-state index < -0.39 is 0 Å². The van der Waals surface area contributed by atoms with E-state index in [1.54, 1.807) is 11.9 Å². The van der Waals surface area contributed by atoms with E-state index in [2.05, 4.69) is 38.6 Å². The van der Waals surface area contributed by atoms with E-state index >= 15 is 0 Å². The fourth-order valence-electron chi connectivity index (χ4n) is 4.04. The summed E-state index contributed by atoms with van der Waals surface area (Å²) in [6.07, 6.45) is 4.23. The number of likely N-dealkylation sites (N-methyl/N-ethyl adjacent to an activating group) is 1. The zero-order valence-electron chi connectivity index (χ0n) is 17.1. The molecule has 0 bridgehead atoms. The smallest absolute Gasteiger partial charge is 0.317 e. The molecule has 0 aliphatic carbocycles. The van der Waals surface area contributed by atoms with Gasteiger partial charge in [0.2, 0.25) is 5.91 Å². The summed E-state index contributed by atoms with van der Waals surface area (Å²) in [4.78, 5) is 30.5. The fourth-order valence-corrected chi connectivity index (χ4v) is 4.04. The van der Waals surface area contributed by atoms with Gasteiger partial charge in [0.1, 0.15) is 0 Å². The number of urea groups is 1. The minimum absolute atomic E-state index is 0.0269. The van der Waals surface area contributed by atoms with Crippen LogP contribution in [0.4, 0.5) is 10.5 Å². The molecular formula is C21H33N5O2. The number of hydrogen-bond acceptors (Lipinski definition) is 4. The number of nitrogens with zero attached hydrogens (tertiary/aromatic N) is 3. The van der Waals surface area contributed by atoms with Crippen LogP contribution in [0.15, 0.2) is 24.3 Å². The summed E-state index contributed by atoms with van der Waals surface area (Å²) in [6.45, 7) is 4.90. The second kappa shape index (κ2) is 9.78. The number of carbonyl (C=O) groups is 2. The molecule has 0 spiro atoms. The molecular weight excluding hydrogens is 354 g/mol. The number of likely N-dealkylation sites (tertiary alicyclic amines) is 1. The second-order valence-electron chi connectivity index (χ2n) is 7.85. The summed E-state index contributed by atoms with van der Waals surface area (Å²) in [5, 5.41) is 5.82. The molecule has 3 amide bonds. The van der Waals surface area contributed by atoms with Gasteiger partial charge in [-0.25, -0.2) is 4.79 Å². The highest BCUT2D eigenvalue weighted by Crippen LogP contribution is 2.25. The van der Waals surface area contributed by atoms with Crippen LogP contribution in [0, 0.1) is 0 Å². The number of amides is 3. The average Bonchev–Trinajstić information content (AvgIpc) is 3.24. The van der Waals surface area contributed by atoms with Crippen LogP contribution >= 0.6 is 0 Å². The lowest BCUT2D eigenvalue weighted by molar-refractivity contribution is -0.122. The van der Waals surface area contributed by atoms with Crippen molar-refractivity contribution in [2.45, 2.75) is 38.3 Å². The van der Waals surface area contributed by atoms with Crippen LogP contribution in [0.3, 0.4) is 0 Å². The normalized spacial score (nSPS) is 18.1. The lowest BCUT2D eigenvalue weighted by Gasteiger charge is -2.33. The minimum Gasteiger partial charge on any atom is -0.371 e. The second-order valence-corrected chi connectivity index (χ2v) is 7.85. The van der Waals surface area contributed by atoms with Gasteiger partial charge in [0.05, 0.1) is 6.54 Å². The maximum atomic E-state index is 12.7. The molecule has 7 nitrogen and oxygen atoms in total. The Bertz CT molecular complexity index is 667. The third-order valence-corrected chi connectivity index (χ3v) is 5.75. The molecule has 0 radical (unpaired) electrons. The van der Waals surface area contributed by atoms with Gasteiger partial charge in [-0.15, -0.1) is 0 Å². The lowest BCUT2D eigenvalue weighted by atomic mass is 10.1. The number of benzene rings is 1. The van der Waals surface area contributed by atoms with Gasteiger partial charge >= 0.3 is 6.03 Å². The quantitative estimate of drug-likeness (QED) is 0.779. The van der Waals surface area contributed by atoms with Crippen LogP contribution in [-0.4, -0.2) is 74.6 Å². The molecule has 154 valence electrons. The Hall–Kier alpha value is -2.28. The van der Waals surface area contributed by atoms with Crippen molar-refractivity contribution in [3.63, 3.8) is 0 Å². The Balaban J connectivity index is 1.49. The van der Waals surface area contributed by atoms with E-state index in [9.17, 15) is 9.59 Å². The van der Waals surface area contributed by atoms with Gasteiger partial charge in [-0.2, -0.15) is 0 Å². The summed E-state index contributed by atoms with van der Waals surface area (Å²) in [5.74, 6) is 0.0406. The fraction of sp³-hybridized carbons (Fsp3) is 0.619. The zero-order valence-corrected chi connectivity index (χ0v) is 17.1. The summed E-state index contributed by atoms with van der Waals surface area (Å²) < 4.78 is 0. The number of nitrogens with one attached hydrogen (secondary N) is 2. The van der Waals surface area contributed by atoms with Crippen molar-refractivity contribution in [3.8, 4) is 0 Å². The summed E-state index contributed by atoms with van der Waals surface area (Å²) >= 11 is 0. The van der Waals surface area contributed by atoms with Crippen molar-refractivity contribution < 1.29 is 9.59 Å². The van der Waals surface area contributed by atoms with E-state index in [4.69, 9.17) is 0 Å². The number of para-hydroxylation sites is 1. The van der Waals surface area contributed by atoms with E-state index in [0.717, 1.165) is 39.0 Å². The van der Waals surface area contributed by atoms with Crippen LogP contribution in [-0.2, 0) is 11.3 Å². The molecule has 0 atom stereocenters. The summed E-state index contributed by atoms with van der Waals surface area (Å²) in [6, 6.07) is 8.54. The third kappa shape index (κ3) is 5.38. The first-order chi connectivity index (χ1) is 13.6. The molecule has 0 unspecified atom stereocenters. The van der Waals surface area contributed by atoms with Gasteiger partial charge in [0, 0.05) is 58.5 Å². The highest BCUT2D eigenvalue weighted by atomic mass is 16.2. The lowest BCUT2D eigenvalue weighted by Crippen LogP contribution is -2.49. The Kier molecular flexibility index (Phi) is 7.14. The molecule has 1 aromatic rings. The topological polar surface area (TPSA) is 67.9 Å². The molecule has 0 aromatic heterocycles. The molecule has 2 fully saturated rings. The van der Waals surface area contributed by atoms with Crippen LogP contribution < -0.4 is 15.5 Å². The average molecular weight is 388 g/mol. The number of hydrogen-bond donors (Lipinski definition) is 2. The number of rotatable bonds is 6. The maximum absolute atomic E-state index is 12.7. The molecule has 2 aliphatic heterocycles. The van der Waals surface area contributed by atoms with Gasteiger partial charge in [0.15, 0.2) is 0 Å². The highest BCUT2D eigenvalue weighted by molar-refractivity contribution is 5.77. The molecule has 2 saturated heterocycles. The molecule has 3 rings (SSSR count). The van der Waals surface area contributed by atoms with E-state index in [1.807, 2.05) is 13.1 Å². The summed E-state index contributed by atoms with van der Waals surface area (Å²) in [7, 11) is 3.52. The minimum atomic E-state index is -0.0269. The summed E-state index contributed by atoms with van der Waals surface area (Å²) in [5.41, 5.74) is 2.45. The Morgan fingerprint density at radius 3 is 2.46 bits per heavy atom. The largest absolute Gasteiger partial charge is 0.371 e. The third-order valence-electron chi connectivity index (χ3n) is 5.75. The molecule has 2 heterocycles. The van der Waals surface area contributed by atoms with Crippen LogP contribution in [0.25, 0.3) is 0 Å². The van der Waals surface area contributed by atoms with Crippen LogP contribution in [0.2, 0.25) is 0 Å². The van der Waals surface area contributed by atoms with Crippen molar-refractivity contribution in [1.29, 1.82) is 0 Å². The Morgan fingerprint density at radius 1 is 1.11 bits per heavy atom. The van der Waals surface area contributed by atoms with E-state index in [-0.39, 0.29) is 18.0 Å². The molecule has 28 heavy (non-hydrogen) atoms. The van der Waals surface area contributed by atoms with Crippen molar-refractivity contribution in [1.82, 2.24) is 20.4 Å². The predicted octanol–water partition coefficient (Wildman–Crippen LogP) is 1.64. The van der Waals surface area contributed by atoms with Crippen molar-refractivity contribution >= 4 is 17.6 Å². The van der Waals surface area contributed by atoms with E-state index in [1.165, 1.54) is 24.1 Å². The number of piperidine rings is 1. The van der Waals surface area contributed by atoms with Crippen molar-refractivity contribution in [2.75, 3.05) is 51.7 Å². The van der Waals surface area contributed by atoms with Gasteiger partial charge in [0.25, 0.3) is 0 Å². The Morgan fingerprint density at radius 2 is 1.79 bits per heavy atom. The first-order valence-corrected chi connectivity index (χ1v) is 10.3. The molecule has 2 N–H and O–H groups in total. The van der Waals surface area contributed by atoms with Crippen molar-refractivity contribution in [3.05, 3.63) is 29.8 Å². The van der Waals surface area contributed by atoms with Crippen molar-refractivity contribution in [2.24, 2.45) is 0 Å². The molecule has 1 aromatic carbocycles. The van der Waals surface area contributed by atoms with Crippen LogP contribution in [0.5, 0.6) is 0 Å². The number of anilines is 1. The van der Waals surface area contributed by atoms with Gasteiger partial charge in [-0.3, -0.25) is 9.69 Å². The maximum Gasteiger partial charge on any atom is 0.317 e. The zero-order chi connectivity index (χ0) is 19.9. The van der Waals surface area contributed by atoms with Gasteiger partial charge < -0.3 is 20.4 Å². The monoisotopic (exact) mass is 387 g/mol. The highest BCUT2D eigenvalue weighted by Gasteiger charge is 2.23. The predicted molar refractivity (Wildman–Crippen MR) is 111 cm³/mol. The Labute approximate surface area is 168 Å². The van der Waals surface area contributed by atoms with Crippen LogP contribution in [0.1, 0.15) is 31.2 Å². The van der Waals surface area contributed by atoms with Gasteiger partial charge in [-0.05, 0) is 37.3 Å². The number of carbonyl (C=O) groups excluding carboxylic acids is 2. The first kappa shape index (κ1) is 20.5. The standard InChI is InChI=1S/C21H33N5O2/c1-22-20(27)16-25-13-9-18(10-14-25)23-21(28)24(2)15-17-7-3-4-8-19(17)26-11-5-6-12-26/h3-4,7-8,18H,5-6,9-16H2,1-2H3,(H,22,27)(H,23,28). The molecule has 7 heteroatoms. The molecule has 0 saturated carbocycles. The first-order valence-electron chi connectivity index (χ1n) is 10.3. The SMILES string of the molecule is CNC(=O)CN1CCC(NC(=O)N(C)Cc2ccccc2N2CCCC2)CC1. The molecule has 2 aliphatic rings. The van der Waals surface area contributed by atoms with E-state index in [0.29, 0.717) is 13.1 Å².